The third-order valence-corrected chi connectivity index (χ3v) is 4.81. The lowest BCUT2D eigenvalue weighted by Gasteiger charge is -2.21. The Morgan fingerprint density at radius 2 is 1.95 bits per heavy atom. The second kappa shape index (κ2) is 9.86. The average Bonchev–Trinajstić information content (AvgIpc) is 2.45. The predicted octanol–water partition coefficient (Wildman–Crippen LogP) is 5.68. The summed E-state index contributed by atoms with van der Waals surface area (Å²) in [7, 11) is 0. The summed E-state index contributed by atoms with van der Waals surface area (Å²) in [6.07, 6.45) is 11.0. The van der Waals surface area contributed by atoms with Crippen LogP contribution in [-0.4, -0.2) is 12.6 Å². The summed E-state index contributed by atoms with van der Waals surface area (Å²) >= 11 is 0. The molecule has 2 nitrogen and oxygen atoms in total. The van der Waals surface area contributed by atoms with Crippen LogP contribution in [0.4, 0.5) is 0 Å². The molecular formula is C20H34O2. The van der Waals surface area contributed by atoms with Crippen molar-refractivity contribution in [2.75, 3.05) is 6.61 Å². The highest BCUT2D eigenvalue weighted by Gasteiger charge is 2.14. The molecule has 0 fully saturated rings. The van der Waals surface area contributed by atoms with Gasteiger partial charge in [-0.15, -0.1) is 0 Å². The molecule has 0 aliphatic heterocycles. The van der Waals surface area contributed by atoms with Crippen molar-refractivity contribution in [3.8, 4) is 0 Å². The molecular weight excluding hydrogens is 272 g/mol. The van der Waals surface area contributed by atoms with Crippen molar-refractivity contribution in [3.05, 3.63) is 23.3 Å². The third-order valence-electron chi connectivity index (χ3n) is 4.81. The molecule has 22 heavy (non-hydrogen) atoms. The number of allylic oxidation sites excluding steroid dienone is 3. The molecule has 2 unspecified atom stereocenters. The molecule has 0 aromatic heterocycles. The molecule has 126 valence electrons. The molecule has 0 aromatic rings. The van der Waals surface area contributed by atoms with E-state index in [0.717, 1.165) is 36.2 Å². The van der Waals surface area contributed by atoms with E-state index in [2.05, 4.69) is 33.8 Å². The van der Waals surface area contributed by atoms with E-state index in [1.165, 1.54) is 31.3 Å². The van der Waals surface area contributed by atoms with Gasteiger partial charge in [0.25, 0.3) is 0 Å². The van der Waals surface area contributed by atoms with Crippen LogP contribution in [0.15, 0.2) is 23.3 Å². The van der Waals surface area contributed by atoms with Crippen LogP contribution < -0.4 is 0 Å². The van der Waals surface area contributed by atoms with Crippen LogP contribution in [0.3, 0.4) is 0 Å². The highest BCUT2D eigenvalue weighted by molar-refractivity contribution is 5.83. The van der Waals surface area contributed by atoms with Gasteiger partial charge in [0.15, 0.2) is 0 Å². The molecule has 0 saturated carbocycles. The smallest absolute Gasteiger partial charge is 0.331 e. The zero-order valence-electron chi connectivity index (χ0n) is 15.2. The molecule has 0 N–H and O–H groups in total. The number of carbonyl (C=O) groups is 1. The second-order valence-corrected chi connectivity index (χ2v) is 7.24. The first kappa shape index (κ1) is 19.0. The molecule has 2 atom stereocenters. The van der Waals surface area contributed by atoms with E-state index >= 15 is 0 Å². The lowest BCUT2D eigenvalue weighted by atomic mass is 9.85. The van der Waals surface area contributed by atoms with Crippen molar-refractivity contribution >= 4 is 5.97 Å². The topological polar surface area (TPSA) is 26.3 Å². The van der Waals surface area contributed by atoms with Crippen molar-refractivity contribution in [2.45, 2.75) is 73.1 Å². The van der Waals surface area contributed by atoms with E-state index in [9.17, 15) is 4.79 Å². The minimum atomic E-state index is -0.200. The van der Waals surface area contributed by atoms with Gasteiger partial charge in [0.05, 0.1) is 6.61 Å². The fraction of sp³-hybridized carbons (Fsp3) is 0.750. The molecule has 0 amide bonds. The summed E-state index contributed by atoms with van der Waals surface area (Å²) in [6.45, 7) is 11.6. The summed E-state index contributed by atoms with van der Waals surface area (Å²) in [6, 6.07) is 0. The van der Waals surface area contributed by atoms with Crippen molar-refractivity contribution in [2.24, 2.45) is 17.8 Å². The van der Waals surface area contributed by atoms with Gasteiger partial charge in [-0.1, -0.05) is 52.2 Å². The molecule has 0 saturated heterocycles. The molecule has 1 aliphatic carbocycles. The van der Waals surface area contributed by atoms with Gasteiger partial charge in [0.2, 0.25) is 0 Å². The molecule has 1 rings (SSSR count). The van der Waals surface area contributed by atoms with E-state index < -0.39 is 0 Å². The molecule has 0 radical (unpaired) electrons. The summed E-state index contributed by atoms with van der Waals surface area (Å²) in [5, 5.41) is 0. The number of hydrogen-bond donors (Lipinski definition) is 0. The van der Waals surface area contributed by atoms with Gasteiger partial charge < -0.3 is 4.74 Å². The number of hydrogen-bond acceptors (Lipinski definition) is 2. The number of esters is 1. The Balaban J connectivity index is 2.50. The SMILES string of the molecule is CCOC(=O)C=C1C=C(CC(C)CCC(C)C(C)C)CCC1. The normalized spacial score (nSPS) is 19.9. The van der Waals surface area contributed by atoms with Gasteiger partial charge in [-0.25, -0.2) is 4.79 Å². The third kappa shape index (κ3) is 7.29. The van der Waals surface area contributed by atoms with E-state index in [-0.39, 0.29) is 5.97 Å². The number of rotatable bonds is 8. The predicted molar refractivity (Wildman–Crippen MR) is 93.7 cm³/mol. The first-order valence-corrected chi connectivity index (χ1v) is 8.99. The first-order chi connectivity index (χ1) is 10.4. The summed E-state index contributed by atoms with van der Waals surface area (Å²) in [5.74, 6) is 2.12. The Bertz CT molecular complexity index is 404. The number of ether oxygens (including phenoxy) is 1. The average molecular weight is 306 g/mol. The highest BCUT2D eigenvalue weighted by Crippen LogP contribution is 2.29. The Kier molecular flexibility index (Phi) is 8.52. The van der Waals surface area contributed by atoms with E-state index in [4.69, 9.17) is 4.74 Å². The van der Waals surface area contributed by atoms with Crippen molar-refractivity contribution in [3.63, 3.8) is 0 Å². The highest BCUT2D eigenvalue weighted by atomic mass is 16.5. The van der Waals surface area contributed by atoms with Crippen molar-refractivity contribution in [1.29, 1.82) is 0 Å². The van der Waals surface area contributed by atoms with Crippen LogP contribution >= 0.6 is 0 Å². The summed E-state index contributed by atoms with van der Waals surface area (Å²) in [5.41, 5.74) is 2.65. The Morgan fingerprint density at radius 3 is 2.59 bits per heavy atom. The molecule has 2 heteroatoms. The lowest BCUT2D eigenvalue weighted by Crippen LogP contribution is -2.08. The van der Waals surface area contributed by atoms with Gasteiger partial charge in [0.1, 0.15) is 0 Å². The van der Waals surface area contributed by atoms with Crippen LogP contribution in [0.2, 0.25) is 0 Å². The molecule has 0 bridgehead atoms. The molecule has 0 spiro atoms. The summed E-state index contributed by atoms with van der Waals surface area (Å²) in [4.78, 5) is 11.6. The fourth-order valence-corrected chi connectivity index (χ4v) is 2.97. The maximum Gasteiger partial charge on any atom is 0.331 e. The Labute approximate surface area is 137 Å². The van der Waals surface area contributed by atoms with Crippen LogP contribution in [0.1, 0.15) is 73.1 Å². The van der Waals surface area contributed by atoms with Crippen LogP contribution in [0.25, 0.3) is 0 Å². The quantitative estimate of drug-likeness (QED) is 0.425. The monoisotopic (exact) mass is 306 g/mol. The molecule has 1 aliphatic rings. The van der Waals surface area contributed by atoms with Gasteiger partial charge in [-0.05, 0) is 55.9 Å². The van der Waals surface area contributed by atoms with E-state index in [1.54, 1.807) is 6.08 Å². The van der Waals surface area contributed by atoms with Crippen LogP contribution in [0, 0.1) is 17.8 Å². The first-order valence-electron chi connectivity index (χ1n) is 8.99. The zero-order valence-corrected chi connectivity index (χ0v) is 15.2. The van der Waals surface area contributed by atoms with Gasteiger partial charge in [0, 0.05) is 6.08 Å². The zero-order chi connectivity index (χ0) is 16.5. The lowest BCUT2D eigenvalue weighted by molar-refractivity contribution is -0.137. The largest absolute Gasteiger partial charge is 0.463 e. The van der Waals surface area contributed by atoms with Crippen molar-refractivity contribution < 1.29 is 9.53 Å². The standard InChI is InChI=1S/C20H34O2/c1-6-22-20(21)14-19-9-7-8-18(13-19)12-16(4)10-11-17(5)15(2)3/h13-17H,6-12H2,1-5H3. The molecule has 0 aromatic carbocycles. The minimum absolute atomic E-state index is 0.200. The minimum Gasteiger partial charge on any atom is -0.463 e. The van der Waals surface area contributed by atoms with E-state index in [1.807, 2.05) is 6.92 Å². The Morgan fingerprint density at radius 1 is 1.23 bits per heavy atom. The Hall–Kier alpha value is -1.05. The maximum atomic E-state index is 11.6. The van der Waals surface area contributed by atoms with Crippen LogP contribution in [0.5, 0.6) is 0 Å². The fourth-order valence-electron chi connectivity index (χ4n) is 2.97. The van der Waals surface area contributed by atoms with Crippen LogP contribution in [-0.2, 0) is 9.53 Å². The number of carbonyl (C=O) groups excluding carboxylic acids is 1. The molecule has 0 heterocycles. The van der Waals surface area contributed by atoms with Gasteiger partial charge >= 0.3 is 5.97 Å². The van der Waals surface area contributed by atoms with E-state index in [0.29, 0.717) is 6.61 Å². The second-order valence-electron chi connectivity index (χ2n) is 7.24. The van der Waals surface area contributed by atoms with Gasteiger partial charge in [-0.3, -0.25) is 0 Å². The summed E-state index contributed by atoms with van der Waals surface area (Å²) < 4.78 is 5.00. The van der Waals surface area contributed by atoms with Gasteiger partial charge in [-0.2, -0.15) is 0 Å². The van der Waals surface area contributed by atoms with Crippen molar-refractivity contribution in [1.82, 2.24) is 0 Å². The maximum absolute atomic E-state index is 11.6.